The number of aryl methyl sites for hydroxylation is 2. The van der Waals surface area contributed by atoms with Gasteiger partial charge in [-0.25, -0.2) is 0 Å². The van der Waals surface area contributed by atoms with Crippen LogP contribution < -0.4 is 0 Å². The lowest BCUT2D eigenvalue weighted by molar-refractivity contribution is 1.19. The first-order valence-corrected chi connectivity index (χ1v) is 6.90. The minimum Gasteiger partial charge on any atom is -0.362 e. The van der Waals surface area contributed by atoms with E-state index in [0.29, 0.717) is 0 Å². The number of aromatic amines is 1. The zero-order valence-corrected chi connectivity index (χ0v) is 11.3. The lowest BCUT2D eigenvalue weighted by atomic mass is 10.1. The molecule has 2 rings (SSSR count). The molecule has 0 unspecified atom stereocenters. The highest BCUT2D eigenvalue weighted by Gasteiger charge is 1.97. The number of nitrogens with one attached hydrogen (secondary N) is 1. The molecule has 0 aliphatic carbocycles. The predicted molar refractivity (Wildman–Crippen MR) is 77.4 cm³/mol. The third-order valence-corrected chi connectivity index (χ3v) is 3.50. The van der Waals surface area contributed by atoms with E-state index in [1.54, 1.807) is 11.8 Å². The van der Waals surface area contributed by atoms with E-state index in [1.807, 2.05) is 0 Å². The minimum atomic E-state index is 1.21. The highest BCUT2D eigenvalue weighted by molar-refractivity contribution is 7.98. The van der Waals surface area contributed by atoms with Crippen LogP contribution in [0.5, 0.6) is 0 Å². The van der Waals surface area contributed by atoms with Crippen LogP contribution in [0, 0.1) is 13.8 Å². The maximum absolute atomic E-state index is 3.31. The van der Waals surface area contributed by atoms with E-state index in [1.165, 1.54) is 27.4 Å². The van der Waals surface area contributed by atoms with Crippen LogP contribution in [0.15, 0.2) is 35.2 Å². The first-order valence-electron chi connectivity index (χ1n) is 5.67. The maximum Gasteiger partial charge on any atom is 0.0191 e. The van der Waals surface area contributed by atoms with Crippen LogP contribution in [0.25, 0.3) is 12.2 Å². The second-order valence-corrected chi connectivity index (χ2v) is 5.02. The smallest absolute Gasteiger partial charge is 0.0191 e. The van der Waals surface area contributed by atoms with Crippen LogP contribution in [0.4, 0.5) is 0 Å². The topological polar surface area (TPSA) is 15.8 Å². The zero-order chi connectivity index (χ0) is 12.3. The summed E-state index contributed by atoms with van der Waals surface area (Å²) in [6, 6.07) is 10.8. The number of hydrogen-bond donors (Lipinski definition) is 1. The van der Waals surface area contributed by atoms with Crippen LogP contribution in [0.1, 0.15) is 22.5 Å². The van der Waals surface area contributed by atoms with Crippen molar-refractivity contribution in [3.8, 4) is 0 Å². The molecule has 0 radical (unpaired) electrons. The molecular formula is C15H17NS. The Balaban J connectivity index is 2.17. The van der Waals surface area contributed by atoms with Gasteiger partial charge in [-0.2, -0.15) is 0 Å². The van der Waals surface area contributed by atoms with E-state index in [2.05, 4.69) is 67.6 Å². The number of H-pyrrole nitrogens is 1. The average molecular weight is 243 g/mol. The fourth-order valence-corrected chi connectivity index (χ4v) is 2.23. The van der Waals surface area contributed by atoms with E-state index >= 15 is 0 Å². The highest BCUT2D eigenvalue weighted by atomic mass is 32.2. The van der Waals surface area contributed by atoms with Gasteiger partial charge in [0.1, 0.15) is 0 Å². The highest BCUT2D eigenvalue weighted by Crippen LogP contribution is 2.17. The molecule has 1 aromatic heterocycles. The number of thioether (sulfide) groups is 1. The van der Waals surface area contributed by atoms with Crippen molar-refractivity contribution >= 4 is 23.9 Å². The maximum atomic E-state index is 3.31. The molecule has 1 heterocycles. The molecule has 88 valence electrons. The molecule has 1 N–H and O–H groups in total. The van der Waals surface area contributed by atoms with Crippen molar-refractivity contribution in [1.29, 1.82) is 0 Å². The SMILES string of the molecule is CSc1ccc(/C=C/c2cc(C)[nH]c2C)cc1. The van der Waals surface area contributed by atoms with Crippen LogP contribution in [-0.2, 0) is 0 Å². The molecule has 1 nitrogen and oxygen atoms in total. The molecule has 1 aromatic carbocycles. The van der Waals surface area contributed by atoms with Gasteiger partial charge in [-0.05, 0) is 49.4 Å². The third-order valence-electron chi connectivity index (χ3n) is 2.76. The van der Waals surface area contributed by atoms with Gasteiger partial charge in [0.2, 0.25) is 0 Å². The standard InChI is InChI=1S/C15H17NS/c1-11-10-14(12(2)16-11)7-4-13-5-8-15(17-3)9-6-13/h4-10,16H,1-3H3/b7-4+. The van der Waals surface area contributed by atoms with Crippen LogP contribution in [-0.4, -0.2) is 11.2 Å². The second kappa shape index (κ2) is 5.28. The molecule has 0 aliphatic rings. The molecule has 0 atom stereocenters. The Morgan fingerprint density at radius 2 is 1.76 bits per heavy atom. The van der Waals surface area contributed by atoms with Crippen LogP contribution in [0.3, 0.4) is 0 Å². The first-order chi connectivity index (χ1) is 8.19. The number of hydrogen-bond acceptors (Lipinski definition) is 1. The van der Waals surface area contributed by atoms with Crippen molar-refractivity contribution in [2.24, 2.45) is 0 Å². The van der Waals surface area contributed by atoms with Gasteiger partial charge in [-0.3, -0.25) is 0 Å². The summed E-state index contributed by atoms with van der Waals surface area (Å²) in [6.07, 6.45) is 6.41. The molecule has 2 aromatic rings. The van der Waals surface area contributed by atoms with Crippen molar-refractivity contribution in [1.82, 2.24) is 4.98 Å². The van der Waals surface area contributed by atoms with E-state index in [-0.39, 0.29) is 0 Å². The summed E-state index contributed by atoms with van der Waals surface area (Å²) in [4.78, 5) is 4.61. The van der Waals surface area contributed by atoms with E-state index in [9.17, 15) is 0 Å². The summed E-state index contributed by atoms with van der Waals surface area (Å²) in [5.41, 5.74) is 4.93. The van der Waals surface area contributed by atoms with Crippen molar-refractivity contribution in [2.75, 3.05) is 6.26 Å². The largest absolute Gasteiger partial charge is 0.362 e. The third kappa shape index (κ3) is 3.04. The lowest BCUT2D eigenvalue weighted by Gasteiger charge is -1.97. The number of benzene rings is 1. The van der Waals surface area contributed by atoms with Crippen molar-refractivity contribution < 1.29 is 0 Å². The molecule has 2 heteroatoms. The van der Waals surface area contributed by atoms with Gasteiger partial charge in [0.15, 0.2) is 0 Å². The van der Waals surface area contributed by atoms with E-state index in [0.717, 1.165) is 0 Å². The summed E-state index contributed by atoms with van der Waals surface area (Å²) < 4.78 is 0. The van der Waals surface area contributed by atoms with Gasteiger partial charge in [0.05, 0.1) is 0 Å². The van der Waals surface area contributed by atoms with Crippen LogP contribution in [0.2, 0.25) is 0 Å². The van der Waals surface area contributed by atoms with E-state index in [4.69, 9.17) is 0 Å². The van der Waals surface area contributed by atoms with Gasteiger partial charge in [-0.15, -0.1) is 11.8 Å². The molecule has 0 saturated heterocycles. The Hall–Kier alpha value is -1.41. The Morgan fingerprint density at radius 1 is 1.06 bits per heavy atom. The molecule has 0 aliphatic heterocycles. The average Bonchev–Trinajstić information content (AvgIpc) is 2.66. The Kier molecular flexibility index (Phi) is 3.75. The molecule has 0 fully saturated rings. The minimum absolute atomic E-state index is 1.21. The lowest BCUT2D eigenvalue weighted by Crippen LogP contribution is -1.75. The van der Waals surface area contributed by atoms with Crippen LogP contribution >= 0.6 is 11.8 Å². The Morgan fingerprint density at radius 3 is 2.29 bits per heavy atom. The zero-order valence-electron chi connectivity index (χ0n) is 10.4. The van der Waals surface area contributed by atoms with Crippen molar-refractivity contribution in [3.05, 3.63) is 52.8 Å². The quantitative estimate of drug-likeness (QED) is 0.783. The normalized spacial score (nSPS) is 11.2. The Bertz CT molecular complexity index is 520. The molecule has 0 amide bonds. The van der Waals surface area contributed by atoms with Gasteiger partial charge in [0.25, 0.3) is 0 Å². The summed E-state index contributed by atoms with van der Waals surface area (Å²) >= 11 is 1.77. The van der Waals surface area contributed by atoms with Gasteiger partial charge in [0, 0.05) is 16.3 Å². The fourth-order valence-electron chi connectivity index (χ4n) is 1.82. The molecule has 0 spiro atoms. The summed E-state index contributed by atoms with van der Waals surface area (Å²) in [6.45, 7) is 4.18. The Labute approximate surface area is 107 Å². The van der Waals surface area contributed by atoms with Gasteiger partial charge >= 0.3 is 0 Å². The molecule has 0 saturated carbocycles. The van der Waals surface area contributed by atoms with E-state index < -0.39 is 0 Å². The molecule has 0 bridgehead atoms. The summed E-state index contributed by atoms with van der Waals surface area (Å²) in [7, 11) is 0. The number of aromatic nitrogens is 1. The first kappa shape index (κ1) is 12.1. The second-order valence-electron chi connectivity index (χ2n) is 4.14. The van der Waals surface area contributed by atoms with Gasteiger partial charge in [-0.1, -0.05) is 24.3 Å². The van der Waals surface area contributed by atoms with Crippen molar-refractivity contribution in [3.63, 3.8) is 0 Å². The summed E-state index contributed by atoms with van der Waals surface area (Å²) in [5.74, 6) is 0. The predicted octanol–water partition coefficient (Wildman–Crippen LogP) is 4.52. The molecular weight excluding hydrogens is 226 g/mol. The van der Waals surface area contributed by atoms with Gasteiger partial charge < -0.3 is 4.98 Å². The van der Waals surface area contributed by atoms with Crippen molar-refractivity contribution in [2.45, 2.75) is 18.7 Å². The summed E-state index contributed by atoms with van der Waals surface area (Å²) in [5, 5.41) is 0. The fraction of sp³-hybridized carbons (Fsp3) is 0.200. The molecule has 17 heavy (non-hydrogen) atoms. The number of rotatable bonds is 3. The monoisotopic (exact) mass is 243 g/mol.